The number of furan rings is 1. The SMILES string of the molecule is CCOC(=O)c1oc2ccc(S(=O)(=O)N3CCC(CNC)C3)cc2c1C.Cl. The number of fused-ring (bicyclic) bond motifs is 1. The van der Waals surface area contributed by atoms with Crippen molar-refractivity contribution in [3.05, 3.63) is 29.5 Å². The third-order valence-corrected chi connectivity index (χ3v) is 6.61. The lowest BCUT2D eigenvalue weighted by molar-refractivity contribution is 0.0491. The van der Waals surface area contributed by atoms with Crippen LogP contribution in [-0.4, -0.2) is 52.0 Å². The quantitative estimate of drug-likeness (QED) is 0.728. The first kappa shape index (κ1) is 21.7. The van der Waals surface area contributed by atoms with Crippen LogP contribution in [0.15, 0.2) is 27.5 Å². The summed E-state index contributed by atoms with van der Waals surface area (Å²) in [5, 5.41) is 3.71. The van der Waals surface area contributed by atoms with Crippen molar-refractivity contribution >= 4 is 39.4 Å². The second kappa shape index (κ2) is 8.60. The van der Waals surface area contributed by atoms with E-state index in [0.29, 0.717) is 35.5 Å². The van der Waals surface area contributed by atoms with Crippen LogP contribution in [0.4, 0.5) is 0 Å². The van der Waals surface area contributed by atoms with Crippen LogP contribution in [0.3, 0.4) is 0 Å². The van der Waals surface area contributed by atoms with Gasteiger partial charge in [-0.3, -0.25) is 0 Å². The first-order valence-electron chi connectivity index (χ1n) is 8.73. The Balaban J connectivity index is 0.00000261. The Morgan fingerprint density at radius 2 is 2.15 bits per heavy atom. The Hall–Kier alpha value is -1.61. The summed E-state index contributed by atoms with van der Waals surface area (Å²) in [6.45, 7) is 5.53. The van der Waals surface area contributed by atoms with Crippen molar-refractivity contribution in [1.82, 2.24) is 9.62 Å². The molecule has 1 aliphatic heterocycles. The molecular formula is C18H25ClN2O5S. The number of halogens is 1. The molecule has 1 unspecified atom stereocenters. The minimum Gasteiger partial charge on any atom is -0.460 e. The van der Waals surface area contributed by atoms with E-state index < -0.39 is 16.0 Å². The summed E-state index contributed by atoms with van der Waals surface area (Å²) in [5.41, 5.74) is 1.06. The molecule has 2 aromatic rings. The van der Waals surface area contributed by atoms with Crippen LogP contribution in [0, 0.1) is 12.8 Å². The number of benzene rings is 1. The van der Waals surface area contributed by atoms with Gasteiger partial charge in [0.15, 0.2) is 0 Å². The number of nitrogens with zero attached hydrogens (tertiary/aromatic N) is 1. The number of esters is 1. The average Bonchev–Trinajstić information content (AvgIpc) is 3.21. The van der Waals surface area contributed by atoms with Gasteiger partial charge in [-0.1, -0.05) is 0 Å². The molecule has 3 rings (SSSR count). The van der Waals surface area contributed by atoms with Crippen LogP contribution >= 0.6 is 12.4 Å². The summed E-state index contributed by atoms with van der Waals surface area (Å²) < 4.78 is 38.0. The first-order chi connectivity index (χ1) is 12.4. The zero-order chi connectivity index (χ0) is 18.9. The van der Waals surface area contributed by atoms with Crippen LogP contribution < -0.4 is 5.32 Å². The number of hydrogen-bond donors (Lipinski definition) is 1. The third kappa shape index (κ3) is 4.13. The monoisotopic (exact) mass is 416 g/mol. The summed E-state index contributed by atoms with van der Waals surface area (Å²) in [7, 11) is -1.70. The molecule has 9 heteroatoms. The average molecular weight is 417 g/mol. The predicted octanol–water partition coefficient (Wildman–Crippen LogP) is 2.57. The van der Waals surface area contributed by atoms with E-state index in [1.165, 1.54) is 10.4 Å². The maximum atomic E-state index is 13.0. The lowest BCUT2D eigenvalue weighted by Crippen LogP contribution is -2.30. The second-order valence-electron chi connectivity index (χ2n) is 6.51. The van der Waals surface area contributed by atoms with Gasteiger partial charge in [0.1, 0.15) is 5.58 Å². The molecule has 27 heavy (non-hydrogen) atoms. The van der Waals surface area contributed by atoms with Crippen LogP contribution in [-0.2, 0) is 14.8 Å². The Morgan fingerprint density at radius 1 is 1.41 bits per heavy atom. The number of sulfonamides is 1. The number of rotatable bonds is 6. The highest BCUT2D eigenvalue weighted by atomic mass is 35.5. The number of hydrogen-bond acceptors (Lipinski definition) is 6. The number of nitrogens with one attached hydrogen (secondary N) is 1. The third-order valence-electron chi connectivity index (χ3n) is 4.75. The van der Waals surface area contributed by atoms with Crippen molar-refractivity contribution in [3.63, 3.8) is 0 Å². The molecule has 1 aromatic carbocycles. The number of carbonyl (C=O) groups is 1. The summed E-state index contributed by atoms with van der Waals surface area (Å²) in [6, 6.07) is 4.71. The molecule has 1 aliphatic rings. The number of aryl methyl sites for hydroxylation is 1. The summed E-state index contributed by atoms with van der Waals surface area (Å²) in [6.07, 6.45) is 0.847. The highest BCUT2D eigenvalue weighted by Gasteiger charge is 2.32. The van der Waals surface area contributed by atoms with Gasteiger partial charge in [0, 0.05) is 24.0 Å². The molecule has 0 bridgehead atoms. The van der Waals surface area contributed by atoms with Crippen molar-refractivity contribution in [1.29, 1.82) is 0 Å². The van der Waals surface area contributed by atoms with Gasteiger partial charge in [0.2, 0.25) is 15.8 Å². The molecular weight excluding hydrogens is 392 g/mol. The normalized spacial score (nSPS) is 17.8. The minimum atomic E-state index is -3.57. The fourth-order valence-corrected chi connectivity index (χ4v) is 4.93. The molecule has 1 N–H and O–H groups in total. The van der Waals surface area contributed by atoms with Gasteiger partial charge in [-0.05, 0) is 58.0 Å². The summed E-state index contributed by atoms with van der Waals surface area (Å²) >= 11 is 0. The minimum absolute atomic E-state index is 0. The molecule has 1 fully saturated rings. The van der Waals surface area contributed by atoms with E-state index in [1.54, 1.807) is 26.0 Å². The highest BCUT2D eigenvalue weighted by Crippen LogP contribution is 2.30. The first-order valence-corrected chi connectivity index (χ1v) is 10.2. The van der Waals surface area contributed by atoms with E-state index in [9.17, 15) is 13.2 Å². The van der Waals surface area contributed by atoms with E-state index >= 15 is 0 Å². The van der Waals surface area contributed by atoms with Gasteiger partial charge in [-0.15, -0.1) is 12.4 Å². The molecule has 150 valence electrons. The van der Waals surface area contributed by atoms with E-state index in [4.69, 9.17) is 9.15 Å². The van der Waals surface area contributed by atoms with Crippen molar-refractivity contribution < 1.29 is 22.4 Å². The van der Waals surface area contributed by atoms with E-state index in [-0.39, 0.29) is 29.7 Å². The van der Waals surface area contributed by atoms with Crippen LogP contribution in [0.1, 0.15) is 29.5 Å². The standard InChI is InChI=1S/C18H24N2O5S.ClH/c1-4-24-18(21)17-12(2)15-9-14(5-6-16(15)25-17)26(22,23)20-8-7-13(11-20)10-19-3;/h5-6,9,13,19H,4,7-8,10-11H2,1-3H3;1H. The molecule has 2 heterocycles. The molecule has 1 saturated heterocycles. The zero-order valence-electron chi connectivity index (χ0n) is 15.6. The van der Waals surface area contributed by atoms with Crippen molar-refractivity contribution in [2.24, 2.45) is 5.92 Å². The van der Waals surface area contributed by atoms with Crippen molar-refractivity contribution in [3.8, 4) is 0 Å². The van der Waals surface area contributed by atoms with Gasteiger partial charge in [0.05, 0.1) is 11.5 Å². The topological polar surface area (TPSA) is 88.8 Å². The lowest BCUT2D eigenvalue weighted by atomic mass is 10.1. The van der Waals surface area contributed by atoms with Gasteiger partial charge in [-0.2, -0.15) is 4.31 Å². The molecule has 0 saturated carbocycles. The molecule has 0 amide bonds. The van der Waals surface area contributed by atoms with Crippen molar-refractivity contribution in [2.45, 2.75) is 25.2 Å². The Bertz CT molecular complexity index is 925. The van der Waals surface area contributed by atoms with Crippen LogP contribution in [0.25, 0.3) is 11.0 Å². The molecule has 0 spiro atoms. The second-order valence-corrected chi connectivity index (χ2v) is 8.45. The fraction of sp³-hybridized carbons (Fsp3) is 0.500. The van der Waals surface area contributed by atoms with Crippen molar-refractivity contribution in [2.75, 3.05) is 33.3 Å². The van der Waals surface area contributed by atoms with Crippen LogP contribution in [0.2, 0.25) is 0 Å². The van der Waals surface area contributed by atoms with Gasteiger partial charge in [-0.25, -0.2) is 13.2 Å². The van der Waals surface area contributed by atoms with E-state index in [1.807, 2.05) is 7.05 Å². The zero-order valence-corrected chi connectivity index (χ0v) is 17.3. The smallest absolute Gasteiger partial charge is 0.374 e. The molecule has 0 aliphatic carbocycles. The summed E-state index contributed by atoms with van der Waals surface area (Å²) in [4.78, 5) is 12.2. The fourth-order valence-electron chi connectivity index (χ4n) is 3.37. The Morgan fingerprint density at radius 3 is 2.81 bits per heavy atom. The van der Waals surface area contributed by atoms with Gasteiger partial charge < -0.3 is 14.5 Å². The van der Waals surface area contributed by atoms with E-state index in [0.717, 1.165) is 13.0 Å². The van der Waals surface area contributed by atoms with E-state index in [2.05, 4.69) is 5.32 Å². The number of ether oxygens (including phenoxy) is 1. The Kier molecular flexibility index (Phi) is 6.91. The molecule has 0 radical (unpaired) electrons. The maximum Gasteiger partial charge on any atom is 0.374 e. The maximum absolute atomic E-state index is 13.0. The Labute approximate surface area is 165 Å². The van der Waals surface area contributed by atoms with Gasteiger partial charge in [0.25, 0.3) is 0 Å². The highest BCUT2D eigenvalue weighted by molar-refractivity contribution is 7.89. The number of carbonyl (C=O) groups excluding carboxylic acids is 1. The van der Waals surface area contributed by atoms with Gasteiger partial charge >= 0.3 is 5.97 Å². The molecule has 7 nitrogen and oxygen atoms in total. The van der Waals surface area contributed by atoms with Crippen LogP contribution in [0.5, 0.6) is 0 Å². The largest absolute Gasteiger partial charge is 0.460 e. The summed E-state index contributed by atoms with van der Waals surface area (Å²) in [5.74, 6) is -0.101. The lowest BCUT2D eigenvalue weighted by Gasteiger charge is -2.16. The molecule has 1 atom stereocenters. The molecule has 1 aromatic heterocycles. The predicted molar refractivity (Wildman–Crippen MR) is 105 cm³/mol.